The molecule has 0 amide bonds. The molecule has 1 aliphatic rings. The lowest BCUT2D eigenvalue weighted by Crippen LogP contribution is -2.51. The second-order valence-electron chi connectivity index (χ2n) is 4.77. The van der Waals surface area contributed by atoms with Crippen molar-refractivity contribution in [1.82, 2.24) is 15.6 Å². The molecule has 0 aliphatic carbocycles. The van der Waals surface area contributed by atoms with Crippen molar-refractivity contribution in [3.8, 4) is 0 Å². The molecule has 1 aliphatic heterocycles. The van der Waals surface area contributed by atoms with Gasteiger partial charge in [-0.2, -0.15) is 11.8 Å². The number of thiazole rings is 1. The first kappa shape index (κ1) is 14.3. The Morgan fingerprint density at radius 1 is 1.67 bits per heavy atom. The zero-order chi connectivity index (χ0) is 12.8. The van der Waals surface area contributed by atoms with Crippen molar-refractivity contribution >= 4 is 23.1 Å². The van der Waals surface area contributed by atoms with Crippen LogP contribution in [0.4, 0.5) is 0 Å². The molecule has 1 saturated heterocycles. The molecule has 0 bridgehead atoms. The van der Waals surface area contributed by atoms with Crippen LogP contribution >= 0.6 is 23.1 Å². The summed E-state index contributed by atoms with van der Waals surface area (Å²) >= 11 is 3.51. The van der Waals surface area contributed by atoms with Crippen molar-refractivity contribution in [3.63, 3.8) is 0 Å². The van der Waals surface area contributed by atoms with E-state index < -0.39 is 5.60 Å². The second-order valence-corrected chi connectivity index (χ2v) is 6.58. The van der Waals surface area contributed by atoms with Crippen LogP contribution in [0.25, 0.3) is 0 Å². The highest BCUT2D eigenvalue weighted by molar-refractivity contribution is 7.97. The number of β-amino-alcohol motifs (C(OH)–C–C–N with tert-alkyl or cyclic N) is 1. The van der Waals surface area contributed by atoms with Gasteiger partial charge in [0.2, 0.25) is 0 Å². The molecule has 1 aromatic rings. The normalized spacial score (nSPS) is 24.3. The summed E-state index contributed by atoms with van der Waals surface area (Å²) in [4.78, 5) is 4.54. The fourth-order valence-electron chi connectivity index (χ4n) is 2.15. The van der Waals surface area contributed by atoms with Crippen molar-refractivity contribution in [2.75, 3.05) is 25.9 Å². The molecule has 6 heteroatoms. The zero-order valence-electron chi connectivity index (χ0n) is 10.7. The number of aliphatic hydroxyl groups is 1. The van der Waals surface area contributed by atoms with E-state index in [9.17, 15) is 5.11 Å². The third-order valence-corrected chi connectivity index (χ3v) is 4.72. The summed E-state index contributed by atoms with van der Waals surface area (Å²) in [7, 11) is 0. The molecule has 1 aromatic heterocycles. The third kappa shape index (κ3) is 4.20. The standard InChI is InChI=1S/C12H21N3OS2/c1-17-7-11-15-10(6-18-11)5-14-9-12(16)3-2-4-13-8-12/h6,13-14,16H,2-5,7-9H2,1H3. The van der Waals surface area contributed by atoms with Gasteiger partial charge in [0.05, 0.1) is 11.3 Å². The van der Waals surface area contributed by atoms with Crippen molar-refractivity contribution in [1.29, 1.82) is 0 Å². The minimum atomic E-state index is -0.587. The van der Waals surface area contributed by atoms with Crippen molar-refractivity contribution in [3.05, 3.63) is 16.1 Å². The first-order valence-electron chi connectivity index (χ1n) is 6.28. The molecule has 1 unspecified atom stereocenters. The molecule has 2 heterocycles. The lowest BCUT2D eigenvalue weighted by atomic mass is 9.94. The van der Waals surface area contributed by atoms with Crippen LogP contribution in [0.1, 0.15) is 23.5 Å². The maximum absolute atomic E-state index is 10.3. The first-order chi connectivity index (χ1) is 8.72. The predicted octanol–water partition coefficient (Wildman–Crippen LogP) is 1.21. The van der Waals surface area contributed by atoms with E-state index in [4.69, 9.17) is 0 Å². The number of nitrogens with zero attached hydrogens (tertiary/aromatic N) is 1. The first-order valence-corrected chi connectivity index (χ1v) is 8.55. The number of rotatable bonds is 6. The van der Waals surface area contributed by atoms with Crippen LogP contribution in [0, 0.1) is 0 Å². The van der Waals surface area contributed by atoms with Gasteiger partial charge in [-0.1, -0.05) is 0 Å². The lowest BCUT2D eigenvalue weighted by molar-refractivity contribution is 0.0168. The molecular weight excluding hydrogens is 266 g/mol. The van der Waals surface area contributed by atoms with Crippen LogP contribution in [-0.4, -0.2) is 41.6 Å². The molecule has 1 atom stereocenters. The Morgan fingerprint density at radius 2 is 2.56 bits per heavy atom. The Kier molecular flexibility index (Phi) is 5.44. The van der Waals surface area contributed by atoms with E-state index in [-0.39, 0.29) is 0 Å². The van der Waals surface area contributed by atoms with Crippen LogP contribution < -0.4 is 10.6 Å². The molecule has 0 radical (unpaired) electrons. The number of nitrogens with one attached hydrogen (secondary N) is 2. The van der Waals surface area contributed by atoms with Gasteiger partial charge in [-0.25, -0.2) is 4.98 Å². The number of hydrogen-bond donors (Lipinski definition) is 3. The Labute approximate surface area is 117 Å². The highest BCUT2D eigenvalue weighted by Gasteiger charge is 2.28. The number of thioether (sulfide) groups is 1. The monoisotopic (exact) mass is 287 g/mol. The van der Waals surface area contributed by atoms with E-state index in [0.717, 1.165) is 37.4 Å². The van der Waals surface area contributed by atoms with Gasteiger partial charge >= 0.3 is 0 Å². The SMILES string of the molecule is CSCc1nc(CNCC2(O)CCCNC2)cs1. The molecule has 0 aromatic carbocycles. The number of hydrogen-bond acceptors (Lipinski definition) is 6. The molecule has 2 rings (SSSR count). The summed E-state index contributed by atoms with van der Waals surface area (Å²) in [5, 5.41) is 20.1. The van der Waals surface area contributed by atoms with Crippen molar-refractivity contribution in [2.24, 2.45) is 0 Å². The van der Waals surface area contributed by atoms with Crippen molar-refractivity contribution in [2.45, 2.75) is 30.7 Å². The van der Waals surface area contributed by atoms with Crippen LogP contribution in [0.5, 0.6) is 0 Å². The van der Waals surface area contributed by atoms with E-state index in [1.807, 2.05) is 0 Å². The predicted molar refractivity (Wildman–Crippen MR) is 78.1 cm³/mol. The van der Waals surface area contributed by atoms with E-state index in [1.54, 1.807) is 23.1 Å². The Hall–Kier alpha value is -0.140. The smallest absolute Gasteiger partial charge is 0.103 e. The van der Waals surface area contributed by atoms with Gasteiger partial charge in [-0.3, -0.25) is 0 Å². The highest BCUT2D eigenvalue weighted by atomic mass is 32.2. The van der Waals surface area contributed by atoms with Crippen LogP contribution in [0.2, 0.25) is 0 Å². The maximum atomic E-state index is 10.3. The number of piperidine rings is 1. The molecule has 4 nitrogen and oxygen atoms in total. The van der Waals surface area contributed by atoms with Gasteiger partial charge in [0.15, 0.2) is 0 Å². The van der Waals surface area contributed by atoms with E-state index in [1.165, 1.54) is 5.01 Å². The Morgan fingerprint density at radius 3 is 3.28 bits per heavy atom. The Bertz CT molecular complexity index is 364. The summed E-state index contributed by atoms with van der Waals surface area (Å²) in [6, 6.07) is 0. The summed E-state index contributed by atoms with van der Waals surface area (Å²) in [5.41, 5.74) is 0.493. The summed E-state index contributed by atoms with van der Waals surface area (Å²) < 4.78 is 0. The van der Waals surface area contributed by atoms with Gasteiger partial charge in [0, 0.05) is 30.8 Å². The highest BCUT2D eigenvalue weighted by Crippen LogP contribution is 2.16. The zero-order valence-corrected chi connectivity index (χ0v) is 12.4. The fourth-order valence-corrected chi connectivity index (χ4v) is 3.66. The quantitative estimate of drug-likeness (QED) is 0.734. The van der Waals surface area contributed by atoms with E-state index in [0.29, 0.717) is 13.1 Å². The number of aromatic nitrogens is 1. The summed E-state index contributed by atoms with van der Waals surface area (Å²) in [6.45, 7) is 3.09. The van der Waals surface area contributed by atoms with E-state index >= 15 is 0 Å². The van der Waals surface area contributed by atoms with Crippen LogP contribution in [0.15, 0.2) is 5.38 Å². The van der Waals surface area contributed by atoms with Gasteiger partial charge < -0.3 is 15.7 Å². The van der Waals surface area contributed by atoms with Gasteiger partial charge in [-0.15, -0.1) is 11.3 Å². The average molecular weight is 287 g/mol. The maximum Gasteiger partial charge on any atom is 0.103 e. The van der Waals surface area contributed by atoms with Gasteiger partial charge in [0.1, 0.15) is 5.01 Å². The molecule has 0 saturated carbocycles. The molecule has 3 N–H and O–H groups in total. The Balaban J connectivity index is 1.73. The topological polar surface area (TPSA) is 57.2 Å². The largest absolute Gasteiger partial charge is 0.387 e. The molecular formula is C12H21N3OS2. The average Bonchev–Trinajstić information content (AvgIpc) is 2.78. The summed E-state index contributed by atoms with van der Waals surface area (Å²) in [6.07, 6.45) is 4.01. The molecule has 102 valence electrons. The fraction of sp³-hybridized carbons (Fsp3) is 0.750. The van der Waals surface area contributed by atoms with Crippen LogP contribution in [0.3, 0.4) is 0 Å². The van der Waals surface area contributed by atoms with E-state index in [2.05, 4.69) is 27.3 Å². The molecule has 1 fully saturated rings. The molecule has 18 heavy (non-hydrogen) atoms. The van der Waals surface area contributed by atoms with Crippen LogP contribution in [-0.2, 0) is 12.3 Å². The van der Waals surface area contributed by atoms with Gasteiger partial charge in [-0.05, 0) is 25.6 Å². The third-order valence-electron chi connectivity index (χ3n) is 3.08. The second kappa shape index (κ2) is 6.86. The minimum Gasteiger partial charge on any atom is -0.387 e. The van der Waals surface area contributed by atoms with Crippen molar-refractivity contribution < 1.29 is 5.11 Å². The summed E-state index contributed by atoms with van der Waals surface area (Å²) in [5.74, 6) is 0.985. The van der Waals surface area contributed by atoms with Gasteiger partial charge in [0.25, 0.3) is 0 Å². The minimum absolute atomic E-state index is 0.587. The molecule has 0 spiro atoms. The lowest BCUT2D eigenvalue weighted by Gasteiger charge is -2.32.